The molecule has 3 heteroatoms. The van der Waals surface area contributed by atoms with E-state index in [0.717, 1.165) is 31.5 Å². The zero-order valence-corrected chi connectivity index (χ0v) is 10.3. The first-order valence-electron chi connectivity index (χ1n) is 5.80. The lowest BCUT2D eigenvalue weighted by Gasteiger charge is -2.36. The minimum atomic E-state index is -0.793. The molecule has 16 heavy (non-hydrogen) atoms. The van der Waals surface area contributed by atoms with Gasteiger partial charge in [0.15, 0.2) is 0 Å². The zero-order chi connectivity index (χ0) is 11.6. The van der Waals surface area contributed by atoms with Crippen molar-refractivity contribution in [1.29, 1.82) is 0 Å². The first-order valence-corrected chi connectivity index (χ1v) is 6.17. The summed E-state index contributed by atoms with van der Waals surface area (Å²) in [6.07, 6.45) is 2.19. The first kappa shape index (κ1) is 11.9. The maximum atomic E-state index is 10.6. The quantitative estimate of drug-likeness (QED) is 0.832. The molecule has 2 atom stereocenters. The summed E-state index contributed by atoms with van der Waals surface area (Å²) in [5.41, 5.74) is 0.118. The van der Waals surface area contributed by atoms with Crippen LogP contribution in [0.15, 0.2) is 24.3 Å². The van der Waals surface area contributed by atoms with Crippen molar-refractivity contribution < 1.29 is 5.11 Å². The Bertz CT molecular complexity index is 359. The number of aliphatic hydroxyl groups is 1. The number of piperidine rings is 1. The molecule has 1 aliphatic rings. The van der Waals surface area contributed by atoms with Crippen LogP contribution in [0.25, 0.3) is 0 Å². The Balaban J connectivity index is 2.22. The zero-order valence-electron chi connectivity index (χ0n) is 9.54. The van der Waals surface area contributed by atoms with Gasteiger partial charge in [0.1, 0.15) is 0 Å². The smallest absolute Gasteiger partial charge is 0.0909 e. The average molecular weight is 240 g/mol. The molecule has 2 N–H and O–H groups in total. The van der Waals surface area contributed by atoms with Gasteiger partial charge in [-0.25, -0.2) is 0 Å². The Morgan fingerprint density at radius 1 is 1.50 bits per heavy atom. The highest BCUT2D eigenvalue weighted by molar-refractivity contribution is 6.30. The van der Waals surface area contributed by atoms with Crippen molar-refractivity contribution in [2.24, 2.45) is 5.92 Å². The lowest BCUT2D eigenvalue weighted by molar-refractivity contribution is -0.0156. The van der Waals surface area contributed by atoms with E-state index in [0.29, 0.717) is 5.02 Å². The third kappa shape index (κ3) is 2.40. The molecule has 1 heterocycles. The molecule has 1 aliphatic heterocycles. The number of benzene rings is 1. The van der Waals surface area contributed by atoms with Crippen LogP contribution in [-0.4, -0.2) is 18.2 Å². The Hall–Kier alpha value is -0.570. The van der Waals surface area contributed by atoms with Crippen LogP contribution in [0.4, 0.5) is 0 Å². The van der Waals surface area contributed by atoms with Gasteiger partial charge in [-0.05, 0) is 44.0 Å². The predicted molar refractivity (Wildman–Crippen MR) is 66.6 cm³/mol. The van der Waals surface area contributed by atoms with Gasteiger partial charge in [0.2, 0.25) is 0 Å². The Labute approximate surface area is 102 Å². The largest absolute Gasteiger partial charge is 0.385 e. The summed E-state index contributed by atoms with van der Waals surface area (Å²) in [5, 5.41) is 14.7. The molecule has 88 valence electrons. The van der Waals surface area contributed by atoms with E-state index in [9.17, 15) is 5.11 Å². The van der Waals surface area contributed by atoms with Gasteiger partial charge in [0.25, 0.3) is 0 Å². The van der Waals surface area contributed by atoms with Gasteiger partial charge < -0.3 is 10.4 Å². The molecule has 0 bridgehead atoms. The molecule has 0 saturated carbocycles. The van der Waals surface area contributed by atoms with Crippen LogP contribution < -0.4 is 5.32 Å². The van der Waals surface area contributed by atoms with E-state index in [2.05, 4.69) is 5.32 Å². The molecular weight excluding hydrogens is 222 g/mol. The molecule has 1 fully saturated rings. The van der Waals surface area contributed by atoms with Gasteiger partial charge in [-0.15, -0.1) is 0 Å². The van der Waals surface area contributed by atoms with E-state index in [1.807, 2.05) is 31.2 Å². The van der Waals surface area contributed by atoms with E-state index >= 15 is 0 Å². The van der Waals surface area contributed by atoms with Crippen LogP contribution in [0.3, 0.4) is 0 Å². The Morgan fingerprint density at radius 3 is 2.94 bits per heavy atom. The SMILES string of the molecule is CC(O)(c1cccc(Cl)c1)C1CCCNC1. The molecule has 0 radical (unpaired) electrons. The van der Waals surface area contributed by atoms with Gasteiger partial charge in [-0.1, -0.05) is 23.7 Å². The highest BCUT2D eigenvalue weighted by Crippen LogP contribution is 2.34. The predicted octanol–water partition coefficient (Wildman–Crippen LogP) is 2.55. The second-order valence-corrected chi connectivity index (χ2v) is 5.14. The number of nitrogens with one attached hydrogen (secondary N) is 1. The minimum Gasteiger partial charge on any atom is -0.385 e. The summed E-state index contributed by atoms with van der Waals surface area (Å²) in [7, 11) is 0. The Morgan fingerprint density at radius 2 is 2.31 bits per heavy atom. The van der Waals surface area contributed by atoms with Crippen molar-refractivity contribution in [3.8, 4) is 0 Å². The molecule has 1 saturated heterocycles. The van der Waals surface area contributed by atoms with Crippen molar-refractivity contribution in [1.82, 2.24) is 5.32 Å². The average Bonchev–Trinajstić information content (AvgIpc) is 2.30. The number of halogens is 1. The van der Waals surface area contributed by atoms with Crippen molar-refractivity contribution in [3.05, 3.63) is 34.9 Å². The summed E-state index contributed by atoms with van der Waals surface area (Å²) in [6.45, 7) is 3.82. The molecule has 0 aromatic heterocycles. The minimum absolute atomic E-state index is 0.264. The number of hydrogen-bond donors (Lipinski definition) is 2. The van der Waals surface area contributed by atoms with Gasteiger partial charge in [0.05, 0.1) is 5.60 Å². The van der Waals surface area contributed by atoms with E-state index in [4.69, 9.17) is 11.6 Å². The fourth-order valence-corrected chi connectivity index (χ4v) is 2.56. The van der Waals surface area contributed by atoms with E-state index in [-0.39, 0.29) is 5.92 Å². The maximum absolute atomic E-state index is 10.6. The third-order valence-electron chi connectivity index (χ3n) is 3.50. The first-order chi connectivity index (χ1) is 7.60. The molecule has 2 nitrogen and oxygen atoms in total. The van der Waals surface area contributed by atoms with Gasteiger partial charge in [-0.3, -0.25) is 0 Å². The maximum Gasteiger partial charge on any atom is 0.0909 e. The summed E-state index contributed by atoms with van der Waals surface area (Å²) in [6, 6.07) is 7.53. The summed E-state index contributed by atoms with van der Waals surface area (Å²) >= 11 is 5.96. The van der Waals surface area contributed by atoms with Crippen molar-refractivity contribution >= 4 is 11.6 Å². The normalized spacial score (nSPS) is 25.1. The van der Waals surface area contributed by atoms with Crippen molar-refractivity contribution in [2.45, 2.75) is 25.4 Å². The van der Waals surface area contributed by atoms with E-state index in [1.54, 1.807) is 0 Å². The third-order valence-corrected chi connectivity index (χ3v) is 3.74. The van der Waals surface area contributed by atoms with Crippen LogP contribution in [-0.2, 0) is 5.60 Å². The summed E-state index contributed by atoms with van der Waals surface area (Å²) in [4.78, 5) is 0. The molecule has 2 unspecified atom stereocenters. The standard InChI is InChI=1S/C13H18ClNO/c1-13(16,11-5-3-7-15-9-11)10-4-2-6-12(14)8-10/h2,4,6,8,11,15-16H,3,5,7,9H2,1H3. The Kier molecular flexibility index (Phi) is 3.53. The highest BCUT2D eigenvalue weighted by atomic mass is 35.5. The summed E-state index contributed by atoms with van der Waals surface area (Å²) < 4.78 is 0. The monoisotopic (exact) mass is 239 g/mol. The molecule has 0 amide bonds. The van der Waals surface area contributed by atoms with Gasteiger partial charge in [-0.2, -0.15) is 0 Å². The van der Waals surface area contributed by atoms with E-state index in [1.165, 1.54) is 0 Å². The van der Waals surface area contributed by atoms with Crippen LogP contribution in [0.1, 0.15) is 25.3 Å². The van der Waals surface area contributed by atoms with Crippen LogP contribution in [0.5, 0.6) is 0 Å². The number of rotatable bonds is 2. The molecule has 2 rings (SSSR count). The van der Waals surface area contributed by atoms with E-state index < -0.39 is 5.60 Å². The van der Waals surface area contributed by atoms with Crippen molar-refractivity contribution in [2.75, 3.05) is 13.1 Å². The molecule has 0 spiro atoms. The highest BCUT2D eigenvalue weighted by Gasteiger charge is 2.34. The second kappa shape index (κ2) is 4.74. The van der Waals surface area contributed by atoms with Crippen LogP contribution in [0, 0.1) is 5.92 Å². The molecule has 0 aliphatic carbocycles. The molecule has 1 aromatic carbocycles. The summed E-state index contributed by atoms with van der Waals surface area (Å²) in [5.74, 6) is 0.264. The van der Waals surface area contributed by atoms with Crippen LogP contribution in [0.2, 0.25) is 5.02 Å². The molecular formula is C13H18ClNO. The van der Waals surface area contributed by atoms with Crippen LogP contribution >= 0.6 is 11.6 Å². The van der Waals surface area contributed by atoms with Gasteiger partial charge >= 0.3 is 0 Å². The fraction of sp³-hybridized carbons (Fsp3) is 0.538. The number of hydrogen-bond acceptors (Lipinski definition) is 2. The lowest BCUT2D eigenvalue weighted by atomic mass is 9.79. The van der Waals surface area contributed by atoms with Crippen molar-refractivity contribution in [3.63, 3.8) is 0 Å². The topological polar surface area (TPSA) is 32.3 Å². The fourth-order valence-electron chi connectivity index (χ4n) is 2.37. The van der Waals surface area contributed by atoms with Gasteiger partial charge in [0, 0.05) is 17.5 Å². The molecule has 1 aromatic rings. The lowest BCUT2D eigenvalue weighted by Crippen LogP contribution is -2.42. The second-order valence-electron chi connectivity index (χ2n) is 4.70.